The molecule has 0 heterocycles. The second-order valence-corrected chi connectivity index (χ2v) is 12.1. The highest BCUT2D eigenvalue weighted by Crippen LogP contribution is 2.16. The largest absolute Gasteiger partial charge is 0.444 e. The first-order valence-corrected chi connectivity index (χ1v) is 14.1. The van der Waals surface area contributed by atoms with Crippen LogP contribution < -0.4 is 10.6 Å². The Morgan fingerprint density at radius 2 is 1.35 bits per heavy atom. The van der Waals surface area contributed by atoms with Crippen molar-refractivity contribution in [3.8, 4) is 0 Å². The molecule has 7 nitrogen and oxygen atoms in total. The summed E-state index contributed by atoms with van der Waals surface area (Å²) in [5.41, 5.74) is 2.33. The fourth-order valence-corrected chi connectivity index (χ4v) is 4.20. The molecular weight excluding hydrogens is 502 g/mol. The highest BCUT2D eigenvalue weighted by atomic mass is 16.6. The Hall–Kier alpha value is -3.58. The van der Waals surface area contributed by atoms with Crippen LogP contribution in [0, 0.1) is 0 Å². The molecule has 0 spiro atoms. The average Bonchev–Trinajstić information content (AvgIpc) is 2.87. The van der Waals surface area contributed by atoms with Gasteiger partial charge in [0.1, 0.15) is 11.2 Å². The van der Waals surface area contributed by atoms with E-state index in [1.165, 1.54) is 21.9 Å². The zero-order valence-electron chi connectivity index (χ0n) is 24.9. The number of fused-ring (bicyclic) bond motifs is 1. The minimum atomic E-state index is -0.545. The van der Waals surface area contributed by atoms with Crippen LogP contribution in [0.5, 0.6) is 0 Å². The van der Waals surface area contributed by atoms with Gasteiger partial charge in [-0.1, -0.05) is 60.7 Å². The van der Waals surface area contributed by atoms with Crippen molar-refractivity contribution in [2.75, 3.05) is 19.6 Å². The molecule has 0 aliphatic carbocycles. The maximum atomic E-state index is 12.9. The molecule has 0 unspecified atom stereocenters. The number of alkyl carbamates (subject to hydrolysis) is 1. The number of nitrogens with one attached hydrogen (secondary N) is 2. The van der Waals surface area contributed by atoms with Gasteiger partial charge in [-0.25, -0.2) is 9.59 Å². The van der Waals surface area contributed by atoms with Crippen molar-refractivity contribution in [3.05, 3.63) is 83.4 Å². The van der Waals surface area contributed by atoms with Crippen LogP contribution >= 0.6 is 0 Å². The van der Waals surface area contributed by atoms with E-state index in [9.17, 15) is 9.59 Å². The highest BCUT2D eigenvalue weighted by molar-refractivity contribution is 5.83. The van der Waals surface area contributed by atoms with Gasteiger partial charge in [0.15, 0.2) is 0 Å². The monoisotopic (exact) mass is 547 g/mol. The number of amides is 2. The fourth-order valence-electron chi connectivity index (χ4n) is 4.20. The zero-order chi connectivity index (χ0) is 29.2. The minimum Gasteiger partial charge on any atom is -0.444 e. The second-order valence-electron chi connectivity index (χ2n) is 12.1. The van der Waals surface area contributed by atoms with Crippen LogP contribution in [-0.4, -0.2) is 47.9 Å². The Morgan fingerprint density at radius 1 is 0.725 bits per heavy atom. The van der Waals surface area contributed by atoms with Crippen molar-refractivity contribution in [2.24, 2.45) is 0 Å². The van der Waals surface area contributed by atoms with Crippen LogP contribution in [0.15, 0.2) is 66.7 Å². The molecule has 7 heteroatoms. The third-order valence-corrected chi connectivity index (χ3v) is 6.11. The molecule has 0 aromatic heterocycles. The van der Waals surface area contributed by atoms with Crippen molar-refractivity contribution < 1.29 is 19.1 Å². The van der Waals surface area contributed by atoms with Gasteiger partial charge in [0.25, 0.3) is 0 Å². The molecule has 0 atom stereocenters. The number of aryl methyl sites for hydroxylation is 1. The fraction of sp³-hybridized carbons (Fsp3) is 0.455. The lowest BCUT2D eigenvalue weighted by atomic mass is 10.1. The number of carbonyl (C=O) groups is 2. The van der Waals surface area contributed by atoms with Crippen LogP contribution in [0.3, 0.4) is 0 Å². The number of ether oxygens (including phenoxy) is 2. The summed E-state index contributed by atoms with van der Waals surface area (Å²) in [5.74, 6) is 0. The molecule has 40 heavy (non-hydrogen) atoms. The number of rotatable bonds is 11. The SMILES string of the molecule is CC(C)(C)OC(=O)NCc1ccc(CCCN(CCNCc2ccc3ccccc3c2)C(=O)OC(C)(C)C)cc1. The Kier molecular flexibility index (Phi) is 11.0. The van der Waals surface area contributed by atoms with Crippen molar-refractivity contribution in [1.29, 1.82) is 0 Å². The predicted molar refractivity (Wildman–Crippen MR) is 161 cm³/mol. The lowest BCUT2D eigenvalue weighted by molar-refractivity contribution is 0.0249. The lowest BCUT2D eigenvalue weighted by Gasteiger charge is -2.27. The maximum absolute atomic E-state index is 12.9. The number of nitrogens with zero attached hydrogens (tertiary/aromatic N) is 1. The molecule has 0 aliphatic rings. The molecule has 0 bridgehead atoms. The summed E-state index contributed by atoms with van der Waals surface area (Å²) in [7, 11) is 0. The van der Waals surface area contributed by atoms with Crippen LogP contribution in [0.2, 0.25) is 0 Å². The molecule has 3 rings (SSSR count). The molecule has 3 aromatic rings. The van der Waals surface area contributed by atoms with Crippen molar-refractivity contribution in [2.45, 2.75) is 78.7 Å². The van der Waals surface area contributed by atoms with E-state index in [4.69, 9.17) is 9.47 Å². The number of hydrogen-bond donors (Lipinski definition) is 2. The van der Waals surface area contributed by atoms with E-state index in [-0.39, 0.29) is 6.09 Å². The molecule has 216 valence electrons. The third kappa shape index (κ3) is 11.3. The number of benzene rings is 3. The van der Waals surface area contributed by atoms with Gasteiger partial charge in [0.2, 0.25) is 0 Å². The summed E-state index contributed by atoms with van der Waals surface area (Å²) in [6.07, 6.45) is 0.942. The van der Waals surface area contributed by atoms with Gasteiger partial charge < -0.3 is 25.0 Å². The molecule has 0 aliphatic heterocycles. The van der Waals surface area contributed by atoms with Crippen LogP contribution in [0.4, 0.5) is 9.59 Å². The van der Waals surface area contributed by atoms with E-state index in [1.807, 2.05) is 59.7 Å². The minimum absolute atomic E-state index is 0.288. The summed E-state index contributed by atoms with van der Waals surface area (Å²) in [6, 6.07) is 23.0. The lowest BCUT2D eigenvalue weighted by Crippen LogP contribution is -2.41. The van der Waals surface area contributed by atoms with Crippen LogP contribution in [-0.2, 0) is 29.0 Å². The molecule has 0 radical (unpaired) electrons. The molecule has 2 amide bonds. The van der Waals surface area contributed by atoms with Gasteiger partial charge >= 0.3 is 12.2 Å². The molecule has 2 N–H and O–H groups in total. The van der Waals surface area contributed by atoms with E-state index in [0.29, 0.717) is 26.2 Å². The summed E-state index contributed by atoms with van der Waals surface area (Å²) >= 11 is 0. The first-order valence-electron chi connectivity index (χ1n) is 14.1. The van der Waals surface area contributed by atoms with Crippen molar-refractivity contribution >= 4 is 23.0 Å². The standard InChI is InChI=1S/C33H45N3O4/c1-32(2,3)39-30(37)35-24-26-15-13-25(14-16-26)10-9-20-36(31(38)40-33(4,5)6)21-19-34-23-27-17-18-28-11-7-8-12-29(28)22-27/h7-8,11-18,22,34H,9-10,19-21,23-24H2,1-6H3,(H,35,37). The van der Waals surface area contributed by atoms with Gasteiger partial charge in [-0.3, -0.25) is 0 Å². The van der Waals surface area contributed by atoms with Gasteiger partial charge in [-0.05, 0) is 87.9 Å². The Morgan fingerprint density at radius 3 is 2.02 bits per heavy atom. The maximum Gasteiger partial charge on any atom is 0.410 e. The third-order valence-electron chi connectivity index (χ3n) is 6.11. The predicted octanol–water partition coefficient (Wildman–Crippen LogP) is 6.82. The highest BCUT2D eigenvalue weighted by Gasteiger charge is 2.21. The molecule has 0 fully saturated rings. The van der Waals surface area contributed by atoms with E-state index < -0.39 is 17.3 Å². The summed E-state index contributed by atoms with van der Waals surface area (Å²) in [5, 5.41) is 8.71. The molecule has 0 saturated carbocycles. The summed E-state index contributed by atoms with van der Waals surface area (Å²) in [4.78, 5) is 26.6. The van der Waals surface area contributed by atoms with Gasteiger partial charge in [-0.15, -0.1) is 0 Å². The zero-order valence-corrected chi connectivity index (χ0v) is 24.9. The Labute approximate surface area is 239 Å². The second kappa shape index (κ2) is 14.2. The molecule has 0 saturated heterocycles. The smallest absolute Gasteiger partial charge is 0.410 e. The van der Waals surface area contributed by atoms with Crippen LogP contribution in [0.1, 0.15) is 64.7 Å². The van der Waals surface area contributed by atoms with Gasteiger partial charge in [0.05, 0.1) is 0 Å². The molecule has 3 aromatic carbocycles. The number of carbonyl (C=O) groups excluding carboxylic acids is 2. The van der Waals surface area contributed by atoms with E-state index in [1.54, 1.807) is 4.90 Å². The van der Waals surface area contributed by atoms with Crippen molar-refractivity contribution in [1.82, 2.24) is 15.5 Å². The Balaban J connectivity index is 1.46. The van der Waals surface area contributed by atoms with E-state index >= 15 is 0 Å². The topological polar surface area (TPSA) is 79.9 Å². The Bertz CT molecular complexity index is 1240. The van der Waals surface area contributed by atoms with E-state index in [0.717, 1.165) is 24.9 Å². The molecular formula is C33H45N3O4. The normalized spacial score (nSPS) is 11.8. The number of hydrogen-bond acceptors (Lipinski definition) is 5. The quantitative estimate of drug-likeness (QED) is 0.257. The first kappa shape index (κ1) is 31.0. The summed E-state index contributed by atoms with van der Waals surface area (Å²) in [6.45, 7) is 14.2. The van der Waals surface area contributed by atoms with Gasteiger partial charge in [-0.2, -0.15) is 0 Å². The first-order chi connectivity index (χ1) is 18.9. The van der Waals surface area contributed by atoms with Crippen LogP contribution in [0.25, 0.3) is 10.8 Å². The van der Waals surface area contributed by atoms with Crippen molar-refractivity contribution in [3.63, 3.8) is 0 Å². The van der Waals surface area contributed by atoms with Gasteiger partial charge in [0, 0.05) is 32.7 Å². The van der Waals surface area contributed by atoms with E-state index in [2.05, 4.69) is 59.2 Å². The average molecular weight is 548 g/mol. The summed E-state index contributed by atoms with van der Waals surface area (Å²) < 4.78 is 11.0.